The largest absolute Gasteiger partial charge is 0.496 e. The van der Waals surface area contributed by atoms with E-state index in [9.17, 15) is 12.8 Å². The molecule has 0 radical (unpaired) electrons. The van der Waals surface area contributed by atoms with Crippen molar-refractivity contribution in [3.8, 4) is 22.8 Å². The summed E-state index contributed by atoms with van der Waals surface area (Å²) in [4.78, 5) is 8.76. The monoisotopic (exact) mass is 576 g/mol. The van der Waals surface area contributed by atoms with Crippen LogP contribution in [-0.4, -0.2) is 44.0 Å². The quantitative estimate of drug-likeness (QED) is 0.186. The van der Waals surface area contributed by atoms with Gasteiger partial charge >= 0.3 is 0 Å². The first-order chi connectivity index (χ1) is 19.8. The number of halogens is 1. The highest BCUT2D eigenvalue weighted by Gasteiger charge is 2.16. The number of sulfone groups is 1. The fourth-order valence-corrected chi connectivity index (χ4v) is 4.71. The summed E-state index contributed by atoms with van der Waals surface area (Å²) in [6, 6.07) is 21.5. The number of fused-ring (bicyclic) bond motifs is 1. The first-order valence-electron chi connectivity index (χ1n) is 12.8. The van der Waals surface area contributed by atoms with Crippen LogP contribution >= 0.6 is 0 Å². The zero-order valence-electron chi connectivity index (χ0n) is 22.6. The Balaban J connectivity index is 1.35. The van der Waals surface area contributed by atoms with E-state index < -0.39 is 15.7 Å². The maximum Gasteiger partial charge on any atom is 0.167 e. The van der Waals surface area contributed by atoms with Gasteiger partial charge in [0.05, 0.1) is 30.5 Å². The molecule has 212 valence electrons. The molecule has 0 aliphatic heterocycles. The summed E-state index contributed by atoms with van der Waals surface area (Å²) >= 11 is 0. The van der Waals surface area contributed by atoms with Gasteiger partial charge in [-0.15, -0.1) is 0 Å². The second kappa shape index (κ2) is 12.4. The van der Waals surface area contributed by atoms with Crippen molar-refractivity contribution in [2.75, 3.05) is 31.0 Å². The maximum absolute atomic E-state index is 14.9. The zero-order valence-corrected chi connectivity index (χ0v) is 23.4. The van der Waals surface area contributed by atoms with Crippen molar-refractivity contribution in [3.63, 3.8) is 0 Å². The minimum atomic E-state index is -3.05. The van der Waals surface area contributed by atoms with Crippen LogP contribution in [0.2, 0.25) is 0 Å². The predicted octanol–water partition coefficient (Wildman–Crippen LogP) is 5.49. The van der Waals surface area contributed by atoms with Gasteiger partial charge in [-0.05, 0) is 35.9 Å². The molecule has 0 bridgehead atoms. The van der Waals surface area contributed by atoms with E-state index >= 15 is 0 Å². The Labute approximate surface area is 237 Å². The zero-order chi connectivity index (χ0) is 28.8. The molecule has 0 saturated heterocycles. The van der Waals surface area contributed by atoms with Crippen LogP contribution in [0.1, 0.15) is 11.3 Å². The molecule has 5 rings (SSSR count). The summed E-state index contributed by atoms with van der Waals surface area (Å²) in [6.45, 7) is 0.954. The van der Waals surface area contributed by atoms with Gasteiger partial charge in [0.25, 0.3) is 0 Å². The van der Waals surface area contributed by atoms with Crippen molar-refractivity contribution in [3.05, 3.63) is 96.3 Å². The van der Waals surface area contributed by atoms with Crippen LogP contribution < -0.4 is 20.1 Å². The Morgan fingerprint density at radius 2 is 1.80 bits per heavy atom. The Kier molecular flexibility index (Phi) is 8.46. The number of hydrogen-bond donors (Lipinski definition) is 2. The standard InChI is InChI=1S/C30H29FN4O5S/c1-38-29-16-26-23(15-24(29)27-11-9-22(40-27)17-32-12-13-41(2,36)37)30(34-19-33-26)35-21-8-10-28(25(31)14-21)39-18-20-6-4-3-5-7-20/h3-11,14-16,19,32H,12-13,17-18H2,1-2H3,(H,33,34,35). The van der Waals surface area contributed by atoms with Gasteiger partial charge in [0.15, 0.2) is 11.6 Å². The average molecular weight is 577 g/mol. The van der Waals surface area contributed by atoms with E-state index in [-0.39, 0.29) is 18.1 Å². The molecule has 2 heterocycles. The van der Waals surface area contributed by atoms with E-state index in [0.29, 0.717) is 58.3 Å². The molecule has 0 amide bonds. The third kappa shape index (κ3) is 7.19. The van der Waals surface area contributed by atoms with Gasteiger partial charge in [0.2, 0.25) is 0 Å². The second-order valence-electron chi connectivity index (χ2n) is 9.41. The van der Waals surface area contributed by atoms with Crippen molar-refractivity contribution < 1.29 is 26.7 Å². The molecule has 0 spiro atoms. The molecule has 0 atom stereocenters. The minimum absolute atomic E-state index is 0.0438. The Morgan fingerprint density at radius 1 is 0.976 bits per heavy atom. The molecule has 2 aromatic heterocycles. The highest BCUT2D eigenvalue weighted by molar-refractivity contribution is 7.90. The lowest BCUT2D eigenvalue weighted by Gasteiger charge is -2.13. The van der Waals surface area contributed by atoms with Crippen LogP contribution in [0.4, 0.5) is 15.9 Å². The number of aromatic nitrogens is 2. The Morgan fingerprint density at radius 3 is 2.56 bits per heavy atom. The van der Waals surface area contributed by atoms with Crippen molar-refractivity contribution in [2.45, 2.75) is 13.2 Å². The number of nitrogens with zero attached hydrogens (tertiary/aromatic N) is 2. The molecule has 9 nitrogen and oxygen atoms in total. The van der Waals surface area contributed by atoms with Crippen LogP contribution in [0.3, 0.4) is 0 Å². The summed E-state index contributed by atoms with van der Waals surface area (Å²) < 4.78 is 54.8. The van der Waals surface area contributed by atoms with Crippen LogP contribution in [0.15, 0.2) is 83.5 Å². The van der Waals surface area contributed by atoms with E-state index in [1.54, 1.807) is 25.3 Å². The summed E-state index contributed by atoms with van der Waals surface area (Å²) in [7, 11) is -1.48. The molecular weight excluding hydrogens is 547 g/mol. The molecule has 0 unspecified atom stereocenters. The predicted molar refractivity (Wildman–Crippen MR) is 156 cm³/mol. The fourth-order valence-electron chi connectivity index (χ4n) is 4.20. The number of nitrogens with one attached hydrogen (secondary N) is 2. The van der Waals surface area contributed by atoms with Crippen molar-refractivity contribution in [1.29, 1.82) is 0 Å². The first kappa shape index (κ1) is 28.1. The van der Waals surface area contributed by atoms with Gasteiger partial charge < -0.3 is 24.5 Å². The lowest BCUT2D eigenvalue weighted by molar-refractivity contribution is 0.290. The van der Waals surface area contributed by atoms with Gasteiger partial charge in [0, 0.05) is 36.0 Å². The minimum Gasteiger partial charge on any atom is -0.496 e. The van der Waals surface area contributed by atoms with E-state index in [4.69, 9.17) is 13.9 Å². The van der Waals surface area contributed by atoms with E-state index in [1.165, 1.54) is 18.6 Å². The molecule has 3 aromatic carbocycles. The molecule has 41 heavy (non-hydrogen) atoms. The van der Waals surface area contributed by atoms with Gasteiger partial charge in [-0.2, -0.15) is 0 Å². The summed E-state index contributed by atoms with van der Waals surface area (Å²) in [6.07, 6.45) is 2.62. The van der Waals surface area contributed by atoms with Crippen LogP contribution in [0, 0.1) is 5.82 Å². The molecule has 5 aromatic rings. The fraction of sp³-hybridized carbons (Fsp3) is 0.200. The highest BCUT2D eigenvalue weighted by Crippen LogP contribution is 2.37. The second-order valence-corrected chi connectivity index (χ2v) is 11.7. The van der Waals surface area contributed by atoms with E-state index in [0.717, 1.165) is 5.56 Å². The summed E-state index contributed by atoms with van der Waals surface area (Å²) in [5, 5.41) is 6.93. The molecule has 0 aliphatic carbocycles. The lowest BCUT2D eigenvalue weighted by Crippen LogP contribution is -2.21. The average Bonchev–Trinajstić information content (AvgIpc) is 3.43. The molecule has 0 aliphatic rings. The third-order valence-electron chi connectivity index (χ3n) is 6.26. The van der Waals surface area contributed by atoms with Crippen LogP contribution in [-0.2, 0) is 23.0 Å². The highest BCUT2D eigenvalue weighted by atomic mass is 32.2. The van der Waals surface area contributed by atoms with Crippen molar-refractivity contribution in [2.24, 2.45) is 0 Å². The molecule has 0 saturated carbocycles. The molecule has 11 heteroatoms. The number of hydrogen-bond acceptors (Lipinski definition) is 9. The number of benzene rings is 3. The van der Waals surface area contributed by atoms with Gasteiger partial charge in [-0.1, -0.05) is 30.3 Å². The van der Waals surface area contributed by atoms with Gasteiger partial charge in [-0.25, -0.2) is 22.8 Å². The van der Waals surface area contributed by atoms with Gasteiger partial charge in [-0.3, -0.25) is 0 Å². The van der Waals surface area contributed by atoms with Crippen molar-refractivity contribution in [1.82, 2.24) is 15.3 Å². The van der Waals surface area contributed by atoms with E-state index in [2.05, 4.69) is 20.6 Å². The smallest absolute Gasteiger partial charge is 0.167 e. The molecular formula is C30H29FN4O5S. The number of rotatable bonds is 12. The molecule has 2 N–H and O–H groups in total. The normalized spacial score (nSPS) is 11.5. The molecule has 0 fully saturated rings. The van der Waals surface area contributed by atoms with E-state index in [1.807, 2.05) is 48.5 Å². The number of ether oxygens (including phenoxy) is 2. The summed E-state index contributed by atoms with van der Waals surface area (Å²) in [5.74, 6) is 1.93. The third-order valence-corrected chi connectivity index (χ3v) is 7.21. The first-order valence-corrected chi connectivity index (χ1v) is 14.9. The summed E-state index contributed by atoms with van der Waals surface area (Å²) in [5.41, 5.74) is 2.74. The topological polar surface area (TPSA) is 116 Å². The Hall–Kier alpha value is -4.48. The van der Waals surface area contributed by atoms with Crippen molar-refractivity contribution >= 4 is 32.2 Å². The van der Waals surface area contributed by atoms with Crippen LogP contribution in [0.25, 0.3) is 22.2 Å². The number of furan rings is 1. The number of anilines is 2. The van der Waals surface area contributed by atoms with Gasteiger partial charge in [0.1, 0.15) is 45.9 Å². The lowest BCUT2D eigenvalue weighted by atomic mass is 10.1. The number of methoxy groups -OCH3 is 1. The SMILES string of the molecule is COc1cc2ncnc(Nc3ccc(OCc4ccccc4)c(F)c3)c2cc1-c1ccc(CNCCS(C)(=O)=O)o1. The maximum atomic E-state index is 14.9. The Bertz CT molecular complexity index is 1760. The van der Waals surface area contributed by atoms with Crippen LogP contribution in [0.5, 0.6) is 11.5 Å².